The first-order chi connectivity index (χ1) is 10.2. The van der Waals surface area contributed by atoms with Gasteiger partial charge in [-0.05, 0) is 25.8 Å². The Labute approximate surface area is 127 Å². The summed E-state index contributed by atoms with van der Waals surface area (Å²) in [5, 5.41) is 6.47. The van der Waals surface area contributed by atoms with Gasteiger partial charge in [0.05, 0.1) is 6.10 Å². The Morgan fingerprint density at radius 3 is 2.71 bits per heavy atom. The van der Waals surface area contributed by atoms with E-state index in [4.69, 9.17) is 9.47 Å². The smallest absolute Gasteiger partial charge is 0.213 e. The Balaban J connectivity index is 2.35. The molecule has 0 saturated carbocycles. The van der Waals surface area contributed by atoms with Gasteiger partial charge in [0.15, 0.2) is 5.96 Å². The molecule has 0 aliphatic rings. The van der Waals surface area contributed by atoms with E-state index in [1.54, 1.807) is 14.2 Å². The molecule has 0 atom stereocenters. The highest BCUT2D eigenvalue weighted by atomic mass is 16.5. The van der Waals surface area contributed by atoms with E-state index in [1.165, 1.54) is 0 Å². The Morgan fingerprint density at radius 2 is 2.14 bits per heavy atom. The van der Waals surface area contributed by atoms with Crippen LogP contribution >= 0.6 is 0 Å². The van der Waals surface area contributed by atoms with Crippen molar-refractivity contribution in [3.05, 3.63) is 23.9 Å². The van der Waals surface area contributed by atoms with E-state index in [0.717, 1.165) is 31.1 Å². The number of aliphatic imine (C=N–C) groups is 1. The first-order valence-electron chi connectivity index (χ1n) is 7.20. The summed E-state index contributed by atoms with van der Waals surface area (Å²) in [6.07, 6.45) is 2.89. The molecule has 0 bridgehead atoms. The van der Waals surface area contributed by atoms with Crippen LogP contribution in [0.3, 0.4) is 0 Å². The molecule has 2 N–H and O–H groups in total. The van der Waals surface area contributed by atoms with Gasteiger partial charge in [-0.1, -0.05) is 6.07 Å². The maximum absolute atomic E-state index is 5.51. The van der Waals surface area contributed by atoms with Crippen LogP contribution in [0.25, 0.3) is 0 Å². The van der Waals surface area contributed by atoms with Gasteiger partial charge in [-0.15, -0.1) is 0 Å². The topological polar surface area (TPSA) is 67.8 Å². The van der Waals surface area contributed by atoms with Crippen LogP contribution in [0, 0.1) is 0 Å². The van der Waals surface area contributed by atoms with Crippen LogP contribution in [-0.4, -0.2) is 44.4 Å². The quantitative estimate of drug-likeness (QED) is 0.433. The summed E-state index contributed by atoms with van der Waals surface area (Å²) in [4.78, 5) is 8.44. The van der Waals surface area contributed by atoms with Gasteiger partial charge in [0.1, 0.15) is 0 Å². The van der Waals surface area contributed by atoms with Crippen molar-refractivity contribution in [1.29, 1.82) is 0 Å². The highest BCUT2D eigenvalue weighted by molar-refractivity contribution is 5.79. The van der Waals surface area contributed by atoms with Crippen molar-refractivity contribution in [2.45, 2.75) is 32.9 Å². The third-order valence-electron chi connectivity index (χ3n) is 2.66. The Morgan fingerprint density at radius 1 is 1.33 bits per heavy atom. The first kappa shape index (κ1) is 17.2. The second-order valence-corrected chi connectivity index (χ2v) is 4.87. The lowest BCUT2D eigenvalue weighted by Gasteiger charge is -2.12. The molecule has 21 heavy (non-hydrogen) atoms. The van der Waals surface area contributed by atoms with Crippen molar-refractivity contribution in [3.63, 3.8) is 0 Å². The molecule has 0 spiro atoms. The summed E-state index contributed by atoms with van der Waals surface area (Å²) < 4.78 is 10.5. The van der Waals surface area contributed by atoms with Gasteiger partial charge in [-0.3, -0.25) is 4.99 Å². The molecule has 0 saturated heterocycles. The zero-order valence-corrected chi connectivity index (χ0v) is 13.3. The van der Waals surface area contributed by atoms with Gasteiger partial charge in [0.25, 0.3) is 0 Å². The predicted molar refractivity (Wildman–Crippen MR) is 84.7 cm³/mol. The number of hydrogen-bond donors (Lipinski definition) is 2. The monoisotopic (exact) mass is 294 g/mol. The summed E-state index contributed by atoms with van der Waals surface area (Å²) in [6.45, 7) is 6.20. The zero-order valence-electron chi connectivity index (χ0n) is 13.3. The summed E-state index contributed by atoms with van der Waals surface area (Å²) >= 11 is 0. The van der Waals surface area contributed by atoms with E-state index in [-0.39, 0.29) is 6.10 Å². The lowest BCUT2D eigenvalue weighted by molar-refractivity contribution is 0.195. The fraction of sp³-hybridized carbons (Fsp3) is 0.600. The Kier molecular flexibility index (Phi) is 8.19. The minimum atomic E-state index is 0.136. The van der Waals surface area contributed by atoms with Gasteiger partial charge < -0.3 is 20.1 Å². The van der Waals surface area contributed by atoms with Gasteiger partial charge in [0.2, 0.25) is 5.88 Å². The third kappa shape index (κ3) is 7.51. The van der Waals surface area contributed by atoms with Crippen molar-refractivity contribution in [3.8, 4) is 5.88 Å². The van der Waals surface area contributed by atoms with Gasteiger partial charge >= 0.3 is 0 Å². The van der Waals surface area contributed by atoms with E-state index >= 15 is 0 Å². The normalized spacial score (nSPS) is 11.6. The van der Waals surface area contributed by atoms with Gasteiger partial charge in [-0.25, -0.2) is 4.98 Å². The fourth-order valence-electron chi connectivity index (χ4n) is 1.66. The molecule has 0 amide bonds. The molecule has 1 rings (SSSR count). The van der Waals surface area contributed by atoms with Crippen LogP contribution in [-0.2, 0) is 11.3 Å². The first-order valence-corrected chi connectivity index (χ1v) is 7.20. The molecular formula is C15H26N4O2. The van der Waals surface area contributed by atoms with Crippen LogP contribution in [0.15, 0.2) is 23.3 Å². The molecule has 1 aromatic heterocycles. The Bertz CT molecular complexity index is 418. The molecule has 0 radical (unpaired) electrons. The molecule has 0 unspecified atom stereocenters. The summed E-state index contributed by atoms with van der Waals surface area (Å²) in [7, 11) is 3.45. The molecule has 118 valence electrons. The fourth-order valence-corrected chi connectivity index (χ4v) is 1.66. The number of pyridine rings is 1. The summed E-state index contributed by atoms with van der Waals surface area (Å²) in [6, 6.07) is 3.88. The summed E-state index contributed by atoms with van der Waals surface area (Å²) in [5.74, 6) is 1.42. The average Bonchev–Trinajstić information content (AvgIpc) is 2.47. The van der Waals surface area contributed by atoms with E-state index in [2.05, 4.69) is 20.6 Å². The number of aromatic nitrogens is 1. The van der Waals surface area contributed by atoms with Crippen molar-refractivity contribution < 1.29 is 9.47 Å². The standard InChI is InChI=1S/C15H26N4O2/c1-12(2)21-14-7-6-13(10-18-14)11-19-15(16-3)17-8-5-9-20-4/h6-7,10,12H,5,8-9,11H2,1-4H3,(H2,16,17,19). The lowest BCUT2D eigenvalue weighted by atomic mass is 10.3. The number of nitrogens with one attached hydrogen (secondary N) is 2. The number of ether oxygens (including phenoxy) is 2. The molecule has 0 fully saturated rings. The average molecular weight is 294 g/mol. The second-order valence-electron chi connectivity index (χ2n) is 4.87. The number of guanidine groups is 1. The molecule has 6 nitrogen and oxygen atoms in total. The summed E-state index contributed by atoms with van der Waals surface area (Å²) in [5.41, 5.74) is 1.07. The van der Waals surface area contributed by atoms with Gasteiger partial charge in [-0.2, -0.15) is 0 Å². The lowest BCUT2D eigenvalue weighted by Crippen LogP contribution is -2.37. The van der Waals surface area contributed by atoms with E-state index in [9.17, 15) is 0 Å². The molecule has 0 aliphatic carbocycles. The molecule has 1 heterocycles. The van der Waals surface area contributed by atoms with Crippen molar-refractivity contribution in [2.24, 2.45) is 4.99 Å². The Hall–Kier alpha value is -1.82. The third-order valence-corrected chi connectivity index (χ3v) is 2.66. The van der Waals surface area contributed by atoms with E-state index < -0.39 is 0 Å². The maximum atomic E-state index is 5.51. The van der Waals surface area contributed by atoms with Crippen LogP contribution < -0.4 is 15.4 Å². The number of nitrogens with zero attached hydrogens (tertiary/aromatic N) is 2. The molecular weight excluding hydrogens is 268 g/mol. The predicted octanol–water partition coefficient (Wildman–Crippen LogP) is 1.57. The SMILES string of the molecule is CN=C(NCCCOC)NCc1ccc(OC(C)C)nc1. The molecule has 6 heteroatoms. The van der Waals surface area contributed by atoms with Crippen molar-refractivity contribution in [1.82, 2.24) is 15.6 Å². The highest BCUT2D eigenvalue weighted by Crippen LogP contribution is 2.09. The number of hydrogen-bond acceptors (Lipinski definition) is 4. The maximum Gasteiger partial charge on any atom is 0.213 e. The minimum Gasteiger partial charge on any atom is -0.475 e. The number of rotatable bonds is 8. The van der Waals surface area contributed by atoms with Gasteiger partial charge in [0, 0.05) is 46.1 Å². The zero-order chi connectivity index (χ0) is 15.5. The van der Waals surface area contributed by atoms with Crippen LogP contribution in [0.1, 0.15) is 25.8 Å². The minimum absolute atomic E-state index is 0.136. The van der Waals surface area contributed by atoms with Crippen molar-refractivity contribution >= 4 is 5.96 Å². The molecule has 0 aliphatic heterocycles. The molecule has 1 aromatic rings. The van der Waals surface area contributed by atoms with E-state index in [0.29, 0.717) is 12.4 Å². The second kappa shape index (κ2) is 9.99. The number of methoxy groups -OCH3 is 1. The highest BCUT2D eigenvalue weighted by Gasteiger charge is 2.01. The van der Waals surface area contributed by atoms with Crippen molar-refractivity contribution in [2.75, 3.05) is 27.3 Å². The van der Waals surface area contributed by atoms with Crippen LogP contribution in [0.5, 0.6) is 5.88 Å². The van der Waals surface area contributed by atoms with Crippen LogP contribution in [0.4, 0.5) is 0 Å². The largest absolute Gasteiger partial charge is 0.475 e. The van der Waals surface area contributed by atoms with Crippen LogP contribution in [0.2, 0.25) is 0 Å². The molecule has 0 aromatic carbocycles. The van der Waals surface area contributed by atoms with E-state index in [1.807, 2.05) is 32.2 Å².